The molecule has 0 N–H and O–H groups in total. The van der Waals surface area contributed by atoms with E-state index < -0.39 is 16.2 Å². The molecule has 0 fully saturated rings. The molecule has 1 nitrogen and oxygen atoms in total. The van der Waals surface area contributed by atoms with Gasteiger partial charge in [0.15, 0.2) is 6.77 Å². The molecule has 0 aromatic heterocycles. The Kier molecular flexibility index (Phi) is 10.0. The van der Waals surface area contributed by atoms with Crippen molar-refractivity contribution in [3.8, 4) is 0 Å². The van der Waals surface area contributed by atoms with Crippen LogP contribution in [0.2, 0.25) is 0 Å². The monoisotopic (exact) mass is 443 g/mol. The van der Waals surface area contributed by atoms with Crippen LogP contribution in [0.5, 0.6) is 0 Å². The molecule has 0 aliphatic carbocycles. The first kappa shape index (κ1) is 24.1. The fourth-order valence-corrected chi connectivity index (χ4v) is 9.66. The molecule has 1 heterocycles. The van der Waals surface area contributed by atoms with Crippen molar-refractivity contribution in [1.29, 1.82) is 0 Å². The first-order chi connectivity index (χ1) is 9.60. The predicted octanol–water partition coefficient (Wildman–Crippen LogP) is 7.55. The van der Waals surface area contributed by atoms with Crippen molar-refractivity contribution in [3.63, 3.8) is 0 Å². The van der Waals surface area contributed by atoms with Gasteiger partial charge in [0.05, 0.1) is 0 Å². The Morgan fingerprint density at radius 2 is 1.41 bits per heavy atom. The lowest BCUT2D eigenvalue weighted by molar-refractivity contribution is 0.309. The summed E-state index contributed by atoms with van der Waals surface area (Å²) in [6, 6.07) is 1.04. The summed E-state index contributed by atoms with van der Waals surface area (Å²) in [5.41, 5.74) is 0.770. The van der Waals surface area contributed by atoms with E-state index >= 15 is 0 Å². The van der Waals surface area contributed by atoms with E-state index in [0.29, 0.717) is 17.7 Å². The van der Waals surface area contributed by atoms with Gasteiger partial charge >= 0.3 is 9.39 Å². The van der Waals surface area contributed by atoms with Crippen molar-refractivity contribution in [2.75, 3.05) is 6.16 Å². The molecule has 0 aromatic carbocycles. The number of hydrogen-bond acceptors (Lipinski definition) is 1. The predicted molar refractivity (Wildman–Crippen MR) is 111 cm³/mol. The fraction of sp³-hybridized carbons (Fsp3) is 0.857. The Labute approximate surface area is 161 Å². The largest absolute Gasteiger partial charge is 0.564 e. The molecule has 0 bridgehead atoms. The van der Waals surface area contributed by atoms with Crippen LogP contribution in [0.3, 0.4) is 0 Å². The van der Waals surface area contributed by atoms with E-state index in [4.69, 9.17) is 51.4 Å². The first-order valence-corrected chi connectivity index (χ1v) is 17.4. The van der Waals surface area contributed by atoms with Gasteiger partial charge in [-0.1, -0.05) is 20.8 Å². The third-order valence-electron chi connectivity index (χ3n) is 3.44. The summed E-state index contributed by atoms with van der Waals surface area (Å²) >= 11 is 7.15. The summed E-state index contributed by atoms with van der Waals surface area (Å²) in [6.07, 6.45) is 5.72. The number of hydrogen-bond donors (Lipinski definition) is 0. The van der Waals surface area contributed by atoms with E-state index in [0.717, 1.165) is 6.16 Å². The molecule has 1 unspecified atom stereocenters. The molecule has 132 valence electrons. The summed E-state index contributed by atoms with van der Waals surface area (Å²) in [5, 5.41) is 0. The first-order valence-electron chi connectivity index (χ1n) is 7.51. The van der Waals surface area contributed by atoms with Crippen molar-refractivity contribution >= 4 is 67.6 Å². The molecule has 1 aliphatic rings. The Balaban J connectivity index is 0.000000763. The molecule has 22 heavy (non-hydrogen) atoms. The highest BCUT2D eigenvalue weighted by atomic mass is 35.9. The Hall–Kier alpha value is 2.11. The average molecular weight is 446 g/mol. The van der Waals surface area contributed by atoms with Gasteiger partial charge in [-0.3, -0.25) is 0 Å². The Bertz CT molecular complexity index is 364. The zero-order valence-corrected chi connectivity index (χ0v) is 20.3. The van der Waals surface area contributed by atoms with Gasteiger partial charge in [0, 0.05) is 17.5 Å². The highest BCUT2D eigenvalue weighted by Gasteiger charge is 2.57. The quantitative estimate of drug-likeness (QED) is 0.246. The van der Waals surface area contributed by atoms with E-state index in [1.54, 1.807) is 0 Å². The highest BCUT2D eigenvalue weighted by Crippen LogP contribution is 2.77. The van der Waals surface area contributed by atoms with E-state index in [9.17, 15) is 0 Å². The zero-order valence-electron chi connectivity index (χ0n) is 14.5. The molecular formula is C14H28AlCl5NP. The van der Waals surface area contributed by atoms with Crippen molar-refractivity contribution in [2.24, 2.45) is 5.41 Å². The molecule has 0 saturated heterocycles. The minimum atomic E-state index is -2.94. The minimum Gasteiger partial charge on any atom is -0.391 e. The van der Waals surface area contributed by atoms with Crippen LogP contribution in [0.4, 0.5) is 0 Å². The van der Waals surface area contributed by atoms with Crippen LogP contribution in [0, 0.1) is 5.41 Å². The molecule has 0 aromatic rings. The third-order valence-corrected chi connectivity index (χ3v) is 9.22. The molecule has 2 atom stereocenters. The second-order valence-electron chi connectivity index (χ2n) is 7.22. The number of nitrogens with zero attached hydrogens (tertiary/aromatic N) is 1. The Morgan fingerprint density at radius 3 is 1.68 bits per heavy atom. The van der Waals surface area contributed by atoms with Crippen LogP contribution >= 0.6 is 58.2 Å². The van der Waals surface area contributed by atoms with Crippen molar-refractivity contribution in [1.82, 2.24) is 4.67 Å². The molecule has 8 heteroatoms. The number of rotatable bonds is 3. The van der Waals surface area contributed by atoms with Gasteiger partial charge in [-0.15, -0.1) is 0 Å². The van der Waals surface area contributed by atoms with Crippen LogP contribution in [0.15, 0.2) is 12.2 Å². The van der Waals surface area contributed by atoms with Crippen LogP contribution in [-0.2, 0) is 0 Å². The van der Waals surface area contributed by atoms with E-state index in [-0.39, 0.29) is 5.41 Å². The zero-order chi connectivity index (χ0) is 17.9. The molecule has 0 spiro atoms. The van der Waals surface area contributed by atoms with Crippen LogP contribution < -0.4 is 0 Å². The maximum absolute atomic E-state index is 7.15. The maximum Gasteiger partial charge on any atom is 0.564 e. The van der Waals surface area contributed by atoms with Crippen LogP contribution in [-0.4, -0.2) is 38.0 Å². The second kappa shape index (κ2) is 9.17. The summed E-state index contributed by atoms with van der Waals surface area (Å²) < 4.78 is 2.57. The van der Waals surface area contributed by atoms with Gasteiger partial charge in [-0.2, -0.15) is 4.67 Å². The van der Waals surface area contributed by atoms with Crippen LogP contribution in [0.25, 0.3) is 0 Å². The molecule has 1 aliphatic heterocycles. The topological polar surface area (TPSA) is 3.24 Å². The molecule has 0 amide bonds. The summed E-state index contributed by atoms with van der Waals surface area (Å²) in [7, 11) is 17.0. The molecule has 0 radical (unpaired) electrons. The average Bonchev–Trinajstić information content (AvgIpc) is 2.55. The van der Waals surface area contributed by atoms with Gasteiger partial charge in [-0.05, 0) is 39.8 Å². The van der Waals surface area contributed by atoms with E-state index in [2.05, 4.69) is 65.3 Å². The standard InChI is InChI=1S/C14H28ClNP.Al.4ClH/c1-11(2)16(12(3)4)17(15)10-8-9-13(17)14(5,6)7;;;;;/h8-9,11-13H,10H2,1-7H3;;4*1H/q+1;+3;;;;/p-4/t13-,17?;;;;;/m1...../s1. The molecule has 0 saturated carbocycles. The van der Waals surface area contributed by atoms with Crippen LogP contribution in [0.1, 0.15) is 48.5 Å². The molecular weight excluding hydrogens is 417 g/mol. The maximum atomic E-state index is 7.15. The highest BCUT2D eigenvalue weighted by molar-refractivity contribution is 7.98. The lowest BCUT2D eigenvalue weighted by Gasteiger charge is -2.41. The van der Waals surface area contributed by atoms with Crippen molar-refractivity contribution in [2.45, 2.75) is 66.2 Å². The van der Waals surface area contributed by atoms with Gasteiger partial charge in [0.25, 0.3) is 0 Å². The van der Waals surface area contributed by atoms with Gasteiger partial charge in [0.1, 0.15) is 23.1 Å². The van der Waals surface area contributed by atoms with Crippen molar-refractivity contribution in [3.05, 3.63) is 12.2 Å². The van der Waals surface area contributed by atoms with Gasteiger partial charge < -0.3 is 40.2 Å². The smallest absolute Gasteiger partial charge is 0.391 e. The normalized spacial score (nSPS) is 25.9. The molecule has 1 rings (SSSR count). The third kappa shape index (κ3) is 7.99. The second-order valence-corrected chi connectivity index (χ2v) is 24.7. The fourth-order valence-electron chi connectivity index (χ4n) is 3.07. The number of halogens is 5. The summed E-state index contributed by atoms with van der Waals surface area (Å²) in [5.74, 6) is 0. The SMILES string of the molecule is CC(C)N(C(C)C)[P+]1(Cl)CC=C[C@@H]1C(C)(C)C.[Cl][Al-]([Cl])([Cl])[Cl]. The van der Waals surface area contributed by atoms with Gasteiger partial charge in [-0.25, -0.2) is 0 Å². The minimum absolute atomic E-state index is 0.255. The van der Waals surface area contributed by atoms with Gasteiger partial charge in [0.2, 0.25) is 0 Å². The number of allylic oxidation sites excluding steroid dienone is 2. The summed E-state index contributed by atoms with van der Waals surface area (Å²) in [6.45, 7) is 14.4. The summed E-state index contributed by atoms with van der Waals surface area (Å²) in [4.78, 5) is 0. The Morgan fingerprint density at radius 1 is 1.05 bits per heavy atom. The van der Waals surface area contributed by atoms with Crippen molar-refractivity contribution < 1.29 is 0 Å². The lowest BCUT2D eigenvalue weighted by Crippen LogP contribution is -2.41. The van der Waals surface area contributed by atoms with E-state index in [1.165, 1.54) is 0 Å². The lowest BCUT2D eigenvalue weighted by atomic mass is 9.92. The van der Waals surface area contributed by atoms with E-state index in [1.807, 2.05) is 0 Å².